The van der Waals surface area contributed by atoms with Crippen LogP contribution in [0, 0.1) is 0 Å². The van der Waals surface area contributed by atoms with Gasteiger partial charge >= 0.3 is 0 Å². The van der Waals surface area contributed by atoms with Crippen molar-refractivity contribution in [2.45, 2.75) is 12.5 Å². The number of carbonyl (C=O) groups excluding carboxylic acids is 1. The molecule has 8 heteroatoms. The Bertz CT molecular complexity index is 1590. The van der Waals surface area contributed by atoms with Gasteiger partial charge in [-0.25, -0.2) is 5.01 Å². The number of halogens is 1. The molecular formula is C31H30BrN5O2. The molecule has 0 unspecified atom stereocenters. The van der Waals surface area contributed by atoms with Crippen molar-refractivity contribution in [2.75, 3.05) is 39.8 Å². The molecule has 1 fully saturated rings. The Kier molecular flexibility index (Phi) is 7.16. The highest BCUT2D eigenvalue weighted by molar-refractivity contribution is 9.10. The van der Waals surface area contributed by atoms with Crippen LogP contribution in [0.5, 0.6) is 0 Å². The Morgan fingerprint density at radius 1 is 0.949 bits per heavy atom. The molecular weight excluding hydrogens is 554 g/mol. The van der Waals surface area contributed by atoms with E-state index in [1.807, 2.05) is 78.9 Å². The van der Waals surface area contributed by atoms with E-state index in [0.717, 1.165) is 58.2 Å². The van der Waals surface area contributed by atoms with Crippen LogP contribution in [-0.2, 0) is 4.79 Å². The van der Waals surface area contributed by atoms with Crippen molar-refractivity contribution in [1.29, 1.82) is 0 Å². The van der Waals surface area contributed by atoms with E-state index in [4.69, 9.17) is 5.10 Å². The van der Waals surface area contributed by atoms with Crippen LogP contribution in [-0.4, -0.2) is 71.2 Å². The molecule has 1 amide bonds. The van der Waals surface area contributed by atoms with Gasteiger partial charge in [0.05, 0.1) is 23.9 Å². The molecule has 0 radical (unpaired) electrons. The van der Waals surface area contributed by atoms with Gasteiger partial charge in [-0.05, 0) is 36.4 Å². The zero-order valence-corrected chi connectivity index (χ0v) is 23.4. The van der Waals surface area contributed by atoms with Crippen LogP contribution < -0.4 is 5.56 Å². The van der Waals surface area contributed by atoms with Gasteiger partial charge in [0, 0.05) is 53.5 Å². The summed E-state index contributed by atoms with van der Waals surface area (Å²) in [6, 6.07) is 25.5. The minimum absolute atomic E-state index is 0.0513. The van der Waals surface area contributed by atoms with Crippen LogP contribution >= 0.6 is 15.9 Å². The Morgan fingerprint density at radius 2 is 1.64 bits per heavy atom. The number of H-pyrrole nitrogens is 1. The van der Waals surface area contributed by atoms with E-state index in [1.54, 1.807) is 5.01 Å². The fraction of sp³-hybridized carbons (Fsp3) is 0.258. The average Bonchev–Trinajstić information content (AvgIpc) is 3.40. The molecule has 2 aliphatic rings. The molecule has 0 aliphatic carbocycles. The van der Waals surface area contributed by atoms with Crippen molar-refractivity contribution in [1.82, 2.24) is 19.8 Å². The van der Waals surface area contributed by atoms with Crippen molar-refractivity contribution >= 4 is 38.5 Å². The van der Waals surface area contributed by atoms with E-state index in [9.17, 15) is 9.59 Å². The number of likely N-dealkylation sites (N-methyl/N-ethyl adjacent to an activating group) is 1. The van der Waals surface area contributed by atoms with Crippen LogP contribution in [0.3, 0.4) is 0 Å². The summed E-state index contributed by atoms with van der Waals surface area (Å²) in [7, 11) is 2.10. The molecule has 198 valence electrons. The number of benzene rings is 3. The van der Waals surface area contributed by atoms with Gasteiger partial charge in [-0.2, -0.15) is 5.10 Å². The lowest BCUT2D eigenvalue weighted by Crippen LogP contribution is -2.48. The Hall–Kier alpha value is -3.59. The van der Waals surface area contributed by atoms with E-state index < -0.39 is 0 Å². The largest absolute Gasteiger partial charge is 0.321 e. The second-order valence-electron chi connectivity index (χ2n) is 10.3. The second-order valence-corrected chi connectivity index (χ2v) is 11.2. The third-order valence-electron chi connectivity index (χ3n) is 7.63. The molecule has 3 aromatic carbocycles. The summed E-state index contributed by atoms with van der Waals surface area (Å²) in [6.07, 6.45) is 0.459. The number of rotatable bonds is 5. The Morgan fingerprint density at radius 3 is 2.36 bits per heavy atom. The molecule has 6 rings (SSSR count). The monoisotopic (exact) mass is 583 g/mol. The highest BCUT2D eigenvalue weighted by Crippen LogP contribution is 2.37. The van der Waals surface area contributed by atoms with E-state index in [-0.39, 0.29) is 17.5 Å². The van der Waals surface area contributed by atoms with Crippen LogP contribution in [0.1, 0.15) is 23.6 Å². The molecule has 1 N–H and O–H groups in total. The summed E-state index contributed by atoms with van der Waals surface area (Å²) in [6.45, 7) is 3.87. The zero-order chi connectivity index (χ0) is 26.9. The SMILES string of the molecule is CN1CCN(CC(=O)N2N=C(c3c(-c4ccccc4)c4cc(Br)ccc4[nH]c3=O)C[C@@H]2c2ccccc2)CC1. The smallest absolute Gasteiger partial charge is 0.258 e. The van der Waals surface area contributed by atoms with Crippen molar-refractivity contribution < 1.29 is 4.79 Å². The Labute approximate surface area is 235 Å². The summed E-state index contributed by atoms with van der Waals surface area (Å²) in [5.41, 5.74) is 4.46. The van der Waals surface area contributed by atoms with E-state index in [2.05, 4.69) is 37.8 Å². The average molecular weight is 585 g/mol. The molecule has 0 spiro atoms. The number of pyridine rings is 1. The molecule has 0 bridgehead atoms. The van der Waals surface area contributed by atoms with Gasteiger partial charge in [-0.3, -0.25) is 14.5 Å². The number of fused-ring (bicyclic) bond motifs is 1. The number of amides is 1. The third-order valence-corrected chi connectivity index (χ3v) is 8.13. The minimum Gasteiger partial charge on any atom is -0.321 e. The number of carbonyl (C=O) groups is 1. The molecule has 39 heavy (non-hydrogen) atoms. The predicted molar refractivity (Wildman–Crippen MR) is 159 cm³/mol. The molecule has 0 saturated carbocycles. The first-order valence-corrected chi connectivity index (χ1v) is 14.0. The maximum absolute atomic E-state index is 13.7. The first-order chi connectivity index (χ1) is 19.0. The molecule has 7 nitrogen and oxygen atoms in total. The van der Waals surface area contributed by atoms with E-state index in [1.165, 1.54) is 0 Å². The van der Waals surface area contributed by atoms with Gasteiger partial charge < -0.3 is 9.88 Å². The van der Waals surface area contributed by atoms with Crippen LogP contribution in [0.2, 0.25) is 0 Å². The summed E-state index contributed by atoms with van der Waals surface area (Å²) in [5, 5.41) is 7.44. The predicted octanol–water partition coefficient (Wildman–Crippen LogP) is 4.88. The van der Waals surface area contributed by atoms with Crippen molar-refractivity contribution in [3.05, 3.63) is 105 Å². The zero-order valence-electron chi connectivity index (χ0n) is 21.8. The molecule has 3 heterocycles. The van der Waals surface area contributed by atoms with Crippen LogP contribution in [0.25, 0.3) is 22.0 Å². The standard InChI is InChI=1S/C31H30BrN5O2/c1-35-14-16-36(17-15-35)20-28(38)37-27(21-8-4-2-5-9-21)19-26(34-37)30-29(22-10-6-3-7-11-22)24-18-23(32)12-13-25(24)33-31(30)39/h2-13,18,27H,14-17,19-20H2,1H3,(H,33,39)/t27-/m1/s1. The number of hydrogen-bond donors (Lipinski definition) is 1. The van der Waals surface area contributed by atoms with Gasteiger partial charge in [0.25, 0.3) is 11.5 Å². The fourth-order valence-electron chi connectivity index (χ4n) is 5.54. The normalized spacial score (nSPS) is 18.5. The van der Waals surface area contributed by atoms with Gasteiger partial charge in [-0.1, -0.05) is 76.6 Å². The van der Waals surface area contributed by atoms with Crippen molar-refractivity contribution in [2.24, 2.45) is 5.10 Å². The van der Waals surface area contributed by atoms with Gasteiger partial charge in [0.2, 0.25) is 0 Å². The number of hydrogen-bond acceptors (Lipinski definition) is 5. The molecule has 1 saturated heterocycles. The number of hydrazone groups is 1. The lowest BCUT2D eigenvalue weighted by Gasteiger charge is -2.33. The number of nitrogens with one attached hydrogen (secondary N) is 1. The lowest BCUT2D eigenvalue weighted by molar-refractivity contribution is -0.134. The number of aromatic amines is 1. The van der Waals surface area contributed by atoms with Gasteiger partial charge in [0.15, 0.2) is 0 Å². The molecule has 4 aromatic rings. The Balaban J connectivity index is 1.46. The van der Waals surface area contributed by atoms with Crippen LogP contribution in [0.4, 0.5) is 0 Å². The summed E-state index contributed by atoms with van der Waals surface area (Å²) >= 11 is 3.60. The quantitative estimate of drug-likeness (QED) is 0.363. The molecule has 1 aromatic heterocycles. The highest BCUT2D eigenvalue weighted by atomic mass is 79.9. The minimum atomic E-state index is -0.276. The van der Waals surface area contributed by atoms with Crippen molar-refractivity contribution in [3.8, 4) is 11.1 Å². The number of nitrogens with zero attached hydrogens (tertiary/aromatic N) is 4. The maximum Gasteiger partial charge on any atom is 0.258 e. The lowest BCUT2D eigenvalue weighted by atomic mass is 9.91. The van der Waals surface area contributed by atoms with Crippen molar-refractivity contribution in [3.63, 3.8) is 0 Å². The number of piperazine rings is 1. The summed E-state index contributed by atoms with van der Waals surface area (Å²) < 4.78 is 0.921. The highest BCUT2D eigenvalue weighted by Gasteiger charge is 2.36. The van der Waals surface area contributed by atoms with E-state index >= 15 is 0 Å². The summed E-state index contributed by atoms with van der Waals surface area (Å²) in [4.78, 5) is 35.0. The number of aromatic nitrogens is 1. The molecule has 2 aliphatic heterocycles. The topological polar surface area (TPSA) is 72.0 Å². The summed E-state index contributed by atoms with van der Waals surface area (Å²) in [5.74, 6) is -0.0513. The molecule has 1 atom stereocenters. The van der Waals surface area contributed by atoms with E-state index in [0.29, 0.717) is 24.2 Å². The first-order valence-electron chi connectivity index (χ1n) is 13.2. The second kappa shape index (κ2) is 10.9. The first kappa shape index (κ1) is 25.7. The third kappa shape index (κ3) is 5.20. The van der Waals surface area contributed by atoms with Gasteiger partial charge in [0.1, 0.15) is 0 Å². The fourth-order valence-corrected chi connectivity index (χ4v) is 5.90. The van der Waals surface area contributed by atoms with Gasteiger partial charge in [-0.15, -0.1) is 0 Å². The maximum atomic E-state index is 13.7. The van der Waals surface area contributed by atoms with Crippen LogP contribution in [0.15, 0.2) is 93.2 Å².